The predicted octanol–water partition coefficient (Wildman–Crippen LogP) is 0.610. The second-order valence-corrected chi connectivity index (χ2v) is 6.01. The molecule has 130 valence electrons. The van der Waals surface area contributed by atoms with Crippen LogP contribution in [-0.4, -0.2) is 71.3 Å². The molecule has 0 aromatic carbocycles. The topological polar surface area (TPSA) is 80.7 Å². The highest BCUT2D eigenvalue weighted by molar-refractivity contribution is 5.90. The first-order valence-electron chi connectivity index (χ1n) is 8.21. The summed E-state index contributed by atoms with van der Waals surface area (Å²) < 4.78 is 10.9. The first-order valence-corrected chi connectivity index (χ1v) is 8.21. The van der Waals surface area contributed by atoms with Gasteiger partial charge in [0.15, 0.2) is 5.75 Å². The maximum absolute atomic E-state index is 12.7. The molecule has 8 heteroatoms. The van der Waals surface area contributed by atoms with Gasteiger partial charge < -0.3 is 19.3 Å². The highest BCUT2D eigenvalue weighted by atomic mass is 16.5. The normalized spacial score (nSPS) is 22.6. The molecule has 1 amide bonds. The van der Waals surface area contributed by atoms with Gasteiger partial charge in [-0.05, 0) is 12.1 Å². The number of likely N-dealkylation sites (tertiary alicyclic amines) is 1. The van der Waals surface area contributed by atoms with Gasteiger partial charge in [-0.25, -0.2) is 15.0 Å². The lowest BCUT2D eigenvalue weighted by molar-refractivity contribution is 0.0298. The van der Waals surface area contributed by atoms with Crippen LogP contribution in [0.15, 0.2) is 36.8 Å². The van der Waals surface area contributed by atoms with Crippen LogP contribution in [0.3, 0.4) is 0 Å². The minimum Gasteiger partial charge on any atom is -0.494 e. The molecule has 2 saturated heterocycles. The zero-order valence-electron chi connectivity index (χ0n) is 13.9. The van der Waals surface area contributed by atoms with Crippen molar-refractivity contribution in [3.63, 3.8) is 0 Å². The Morgan fingerprint density at radius 2 is 2.08 bits per heavy atom. The van der Waals surface area contributed by atoms with Crippen LogP contribution in [0.5, 0.6) is 5.75 Å². The van der Waals surface area contributed by atoms with E-state index in [-0.39, 0.29) is 23.9 Å². The van der Waals surface area contributed by atoms with Gasteiger partial charge in [0.05, 0.1) is 38.3 Å². The van der Waals surface area contributed by atoms with Gasteiger partial charge in [-0.3, -0.25) is 4.79 Å². The van der Waals surface area contributed by atoms with Crippen molar-refractivity contribution >= 4 is 11.7 Å². The van der Waals surface area contributed by atoms with Crippen molar-refractivity contribution in [2.24, 2.45) is 0 Å². The molecular formula is C17H19N5O3. The summed E-state index contributed by atoms with van der Waals surface area (Å²) in [6.45, 7) is 2.48. The lowest BCUT2D eigenvalue weighted by Gasteiger charge is -2.37. The van der Waals surface area contributed by atoms with Gasteiger partial charge in [-0.1, -0.05) is 6.07 Å². The third kappa shape index (κ3) is 3.00. The highest BCUT2D eigenvalue weighted by Gasteiger charge is 2.42. The zero-order valence-corrected chi connectivity index (χ0v) is 13.9. The van der Waals surface area contributed by atoms with Crippen LogP contribution in [0, 0.1) is 0 Å². The highest BCUT2D eigenvalue weighted by Crippen LogP contribution is 2.27. The van der Waals surface area contributed by atoms with Gasteiger partial charge in [0.1, 0.15) is 5.82 Å². The van der Waals surface area contributed by atoms with Gasteiger partial charge >= 0.3 is 0 Å². The Balaban J connectivity index is 1.51. The molecule has 0 N–H and O–H groups in total. The molecule has 2 aromatic heterocycles. The number of nitrogens with zero attached hydrogens (tertiary/aromatic N) is 5. The first-order chi connectivity index (χ1) is 12.3. The van der Waals surface area contributed by atoms with Crippen molar-refractivity contribution in [1.29, 1.82) is 0 Å². The number of morpholine rings is 1. The number of aromatic nitrogens is 3. The molecule has 0 saturated carbocycles. The second kappa shape index (κ2) is 6.64. The number of rotatable bonds is 3. The zero-order chi connectivity index (χ0) is 17.2. The smallest absolute Gasteiger partial charge is 0.291 e. The fourth-order valence-electron chi connectivity index (χ4n) is 3.34. The number of pyridine rings is 1. The van der Waals surface area contributed by atoms with E-state index in [1.165, 1.54) is 19.5 Å². The molecule has 2 aromatic rings. The SMILES string of the molecule is COc1cnc(C(=O)N2C[C@@H]3OCCN(c4ccccn4)[C@H]3C2)nc1. The van der Waals surface area contributed by atoms with Crippen LogP contribution in [0.25, 0.3) is 0 Å². The van der Waals surface area contributed by atoms with Gasteiger partial charge in [0.25, 0.3) is 5.91 Å². The predicted molar refractivity (Wildman–Crippen MR) is 89.6 cm³/mol. The molecule has 0 unspecified atom stereocenters. The molecule has 0 spiro atoms. The minimum absolute atomic E-state index is 0.0297. The van der Waals surface area contributed by atoms with Gasteiger partial charge in [-0.15, -0.1) is 0 Å². The van der Waals surface area contributed by atoms with Gasteiger partial charge in [0, 0.05) is 25.8 Å². The molecular weight excluding hydrogens is 322 g/mol. The number of carbonyl (C=O) groups excluding carboxylic acids is 1. The maximum atomic E-state index is 12.7. The lowest BCUT2D eigenvalue weighted by atomic mass is 10.1. The van der Waals surface area contributed by atoms with E-state index in [0.29, 0.717) is 25.4 Å². The van der Waals surface area contributed by atoms with Crippen molar-refractivity contribution in [3.05, 3.63) is 42.6 Å². The van der Waals surface area contributed by atoms with Crippen LogP contribution < -0.4 is 9.64 Å². The van der Waals surface area contributed by atoms with Crippen LogP contribution in [0.4, 0.5) is 5.82 Å². The number of amides is 1. The van der Waals surface area contributed by atoms with Crippen molar-refractivity contribution in [1.82, 2.24) is 19.9 Å². The summed E-state index contributed by atoms with van der Waals surface area (Å²) in [5, 5.41) is 0. The molecule has 25 heavy (non-hydrogen) atoms. The van der Waals surface area contributed by atoms with E-state index in [0.717, 1.165) is 12.4 Å². The Morgan fingerprint density at radius 1 is 1.24 bits per heavy atom. The van der Waals surface area contributed by atoms with E-state index in [2.05, 4.69) is 19.9 Å². The molecule has 0 aliphatic carbocycles. The maximum Gasteiger partial charge on any atom is 0.291 e. The number of carbonyl (C=O) groups is 1. The fourth-order valence-corrected chi connectivity index (χ4v) is 3.34. The number of hydrogen-bond donors (Lipinski definition) is 0. The summed E-state index contributed by atoms with van der Waals surface area (Å²) in [5.41, 5.74) is 0. The summed E-state index contributed by atoms with van der Waals surface area (Å²) in [5.74, 6) is 1.41. The Morgan fingerprint density at radius 3 is 2.80 bits per heavy atom. The van der Waals surface area contributed by atoms with Gasteiger partial charge in [-0.2, -0.15) is 0 Å². The summed E-state index contributed by atoms with van der Waals surface area (Å²) in [7, 11) is 1.54. The molecule has 2 atom stereocenters. The van der Waals surface area contributed by atoms with Crippen LogP contribution >= 0.6 is 0 Å². The minimum atomic E-state index is -0.193. The van der Waals surface area contributed by atoms with Crippen LogP contribution in [0.1, 0.15) is 10.6 Å². The monoisotopic (exact) mass is 341 g/mol. The summed E-state index contributed by atoms with van der Waals surface area (Å²) in [6.07, 6.45) is 4.75. The van der Waals surface area contributed by atoms with Crippen molar-refractivity contribution in [2.75, 3.05) is 38.3 Å². The fraction of sp³-hybridized carbons (Fsp3) is 0.412. The average Bonchev–Trinajstić information content (AvgIpc) is 3.12. The van der Waals surface area contributed by atoms with E-state index >= 15 is 0 Å². The quantitative estimate of drug-likeness (QED) is 0.809. The molecule has 0 bridgehead atoms. The first kappa shape index (κ1) is 15.8. The third-order valence-corrected chi connectivity index (χ3v) is 4.59. The molecule has 4 heterocycles. The Labute approximate surface area is 145 Å². The van der Waals surface area contributed by atoms with E-state index in [4.69, 9.17) is 9.47 Å². The molecule has 2 aliphatic rings. The number of methoxy groups -OCH3 is 1. The van der Waals surface area contributed by atoms with E-state index in [9.17, 15) is 4.79 Å². The number of ether oxygens (including phenoxy) is 2. The lowest BCUT2D eigenvalue weighted by Crippen LogP contribution is -2.51. The summed E-state index contributed by atoms with van der Waals surface area (Å²) >= 11 is 0. The Bertz CT molecular complexity index is 740. The Kier molecular flexibility index (Phi) is 4.19. The molecule has 2 fully saturated rings. The summed E-state index contributed by atoms with van der Waals surface area (Å²) in [4.78, 5) is 29.3. The second-order valence-electron chi connectivity index (χ2n) is 6.01. The van der Waals surface area contributed by atoms with E-state index in [1.54, 1.807) is 11.1 Å². The largest absolute Gasteiger partial charge is 0.494 e. The molecule has 2 aliphatic heterocycles. The summed E-state index contributed by atoms with van der Waals surface area (Å²) in [6, 6.07) is 5.94. The molecule has 0 radical (unpaired) electrons. The standard InChI is InChI=1S/C17H19N5O3/c1-24-12-8-19-16(20-9-12)17(23)21-10-13-14(11-21)25-7-6-22(13)15-4-2-3-5-18-15/h2-5,8-9,13-14H,6-7,10-11H2,1H3/t13-,14-/m0/s1. The molecule has 4 rings (SSSR count). The average molecular weight is 341 g/mol. The molecule has 8 nitrogen and oxygen atoms in total. The number of fused-ring (bicyclic) bond motifs is 1. The van der Waals surface area contributed by atoms with E-state index in [1.807, 2.05) is 18.2 Å². The van der Waals surface area contributed by atoms with Crippen LogP contribution in [-0.2, 0) is 4.74 Å². The Hall–Kier alpha value is -2.74. The van der Waals surface area contributed by atoms with Crippen LogP contribution in [0.2, 0.25) is 0 Å². The van der Waals surface area contributed by atoms with E-state index < -0.39 is 0 Å². The number of anilines is 1. The number of hydrogen-bond acceptors (Lipinski definition) is 7. The van der Waals surface area contributed by atoms with Crippen molar-refractivity contribution in [2.45, 2.75) is 12.1 Å². The third-order valence-electron chi connectivity index (χ3n) is 4.59. The van der Waals surface area contributed by atoms with Crippen molar-refractivity contribution in [3.8, 4) is 5.75 Å². The van der Waals surface area contributed by atoms with Gasteiger partial charge in [0.2, 0.25) is 5.82 Å². The van der Waals surface area contributed by atoms with Crippen molar-refractivity contribution < 1.29 is 14.3 Å².